The molecule has 3 heteroatoms. The number of carbonyl (C=O) groups is 1. The Labute approximate surface area is 99.1 Å². The van der Waals surface area contributed by atoms with Gasteiger partial charge in [0.25, 0.3) is 0 Å². The monoisotopic (exact) mass is 227 g/mol. The molecule has 0 spiro atoms. The average molecular weight is 227 g/mol. The van der Waals surface area contributed by atoms with Crippen molar-refractivity contribution >= 4 is 5.97 Å². The third-order valence-corrected chi connectivity index (χ3v) is 3.12. The molecule has 0 N–H and O–H groups in total. The van der Waals surface area contributed by atoms with E-state index in [1.54, 1.807) is 0 Å². The lowest BCUT2D eigenvalue weighted by molar-refractivity contribution is -0.150. The third kappa shape index (κ3) is 4.52. The highest BCUT2D eigenvalue weighted by molar-refractivity contribution is 5.72. The highest BCUT2D eigenvalue weighted by atomic mass is 16.5. The summed E-state index contributed by atoms with van der Waals surface area (Å²) in [5, 5.41) is 0. The Morgan fingerprint density at radius 3 is 2.88 bits per heavy atom. The molecule has 3 nitrogen and oxygen atoms in total. The number of piperidine rings is 1. The standard InChI is InChI=1S/C13H25NO2/c1-3-5-8-14-9-6-7-12(11-14)13(15)16-10-4-2/h12H,3-11H2,1-2H3. The molecular formula is C13H25NO2. The van der Waals surface area contributed by atoms with Gasteiger partial charge in [0.1, 0.15) is 0 Å². The van der Waals surface area contributed by atoms with Crippen molar-refractivity contribution in [2.75, 3.05) is 26.2 Å². The first kappa shape index (κ1) is 13.5. The van der Waals surface area contributed by atoms with Gasteiger partial charge in [0.05, 0.1) is 12.5 Å². The Morgan fingerprint density at radius 2 is 2.19 bits per heavy atom. The molecule has 0 aliphatic carbocycles. The van der Waals surface area contributed by atoms with E-state index in [4.69, 9.17) is 4.74 Å². The molecule has 1 aliphatic rings. The predicted molar refractivity (Wildman–Crippen MR) is 65.3 cm³/mol. The number of carbonyl (C=O) groups excluding carboxylic acids is 1. The van der Waals surface area contributed by atoms with Gasteiger partial charge in [0.15, 0.2) is 0 Å². The van der Waals surface area contributed by atoms with Crippen LogP contribution in [0.3, 0.4) is 0 Å². The Balaban J connectivity index is 2.28. The summed E-state index contributed by atoms with van der Waals surface area (Å²) in [5.74, 6) is 0.139. The summed E-state index contributed by atoms with van der Waals surface area (Å²) in [7, 11) is 0. The molecule has 0 bridgehead atoms. The lowest BCUT2D eigenvalue weighted by Gasteiger charge is -2.31. The second-order valence-electron chi connectivity index (χ2n) is 4.66. The first-order chi connectivity index (χ1) is 7.77. The maximum atomic E-state index is 11.7. The van der Waals surface area contributed by atoms with Crippen LogP contribution >= 0.6 is 0 Å². The van der Waals surface area contributed by atoms with Crippen LogP contribution in [0.5, 0.6) is 0 Å². The van der Waals surface area contributed by atoms with Gasteiger partial charge >= 0.3 is 5.97 Å². The van der Waals surface area contributed by atoms with Gasteiger partial charge < -0.3 is 9.64 Å². The molecule has 16 heavy (non-hydrogen) atoms. The van der Waals surface area contributed by atoms with Crippen LogP contribution in [0.2, 0.25) is 0 Å². The molecule has 0 aromatic carbocycles. The summed E-state index contributed by atoms with van der Waals surface area (Å²) in [6, 6.07) is 0. The van der Waals surface area contributed by atoms with Gasteiger partial charge in [0.2, 0.25) is 0 Å². The Kier molecular flexibility index (Phi) is 6.46. The van der Waals surface area contributed by atoms with Crippen molar-refractivity contribution in [3.63, 3.8) is 0 Å². The zero-order chi connectivity index (χ0) is 11.8. The summed E-state index contributed by atoms with van der Waals surface area (Å²) in [5.41, 5.74) is 0. The molecule has 0 saturated carbocycles. The number of hydrogen-bond acceptors (Lipinski definition) is 3. The van der Waals surface area contributed by atoms with Gasteiger partial charge in [-0.25, -0.2) is 0 Å². The van der Waals surface area contributed by atoms with Crippen molar-refractivity contribution in [3.8, 4) is 0 Å². The molecule has 0 amide bonds. The van der Waals surface area contributed by atoms with Gasteiger partial charge in [-0.3, -0.25) is 4.79 Å². The van der Waals surface area contributed by atoms with Gasteiger partial charge in [-0.05, 0) is 38.8 Å². The highest BCUT2D eigenvalue weighted by Gasteiger charge is 2.26. The number of ether oxygens (including phenoxy) is 1. The smallest absolute Gasteiger partial charge is 0.310 e. The maximum absolute atomic E-state index is 11.7. The van der Waals surface area contributed by atoms with Crippen molar-refractivity contribution in [3.05, 3.63) is 0 Å². The zero-order valence-electron chi connectivity index (χ0n) is 10.7. The van der Waals surface area contributed by atoms with Gasteiger partial charge in [0, 0.05) is 6.54 Å². The highest BCUT2D eigenvalue weighted by Crippen LogP contribution is 2.18. The number of rotatable bonds is 6. The Hall–Kier alpha value is -0.570. The van der Waals surface area contributed by atoms with Crippen LogP contribution < -0.4 is 0 Å². The van der Waals surface area contributed by atoms with E-state index in [0.29, 0.717) is 6.61 Å². The quantitative estimate of drug-likeness (QED) is 0.653. The minimum Gasteiger partial charge on any atom is -0.465 e. The number of nitrogens with zero attached hydrogens (tertiary/aromatic N) is 1. The summed E-state index contributed by atoms with van der Waals surface area (Å²) >= 11 is 0. The molecule has 0 aromatic rings. The first-order valence-corrected chi connectivity index (χ1v) is 6.66. The lowest BCUT2D eigenvalue weighted by atomic mass is 9.98. The second kappa shape index (κ2) is 7.66. The molecule has 0 radical (unpaired) electrons. The van der Waals surface area contributed by atoms with E-state index in [1.165, 1.54) is 12.8 Å². The number of likely N-dealkylation sites (tertiary alicyclic amines) is 1. The van der Waals surface area contributed by atoms with Crippen molar-refractivity contribution in [2.24, 2.45) is 5.92 Å². The van der Waals surface area contributed by atoms with E-state index in [2.05, 4.69) is 11.8 Å². The largest absolute Gasteiger partial charge is 0.465 e. The first-order valence-electron chi connectivity index (χ1n) is 6.66. The average Bonchev–Trinajstić information content (AvgIpc) is 2.33. The van der Waals surface area contributed by atoms with Crippen LogP contribution in [0.4, 0.5) is 0 Å². The van der Waals surface area contributed by atoms with Gasteiger partial charge in [-0.2, -0.15) is 0 Å². The molecule has 1 saturated heterocycles. The normalized spacial score (nSPS) is 22.0. The van der Waals surface area contributed by atoms with E-state index < -0.39 is 0 Å². The van der Waals surface area contributed by atoms with E-state index in [0.717, 1.165) is 38.9 Å². The van der Waals surface area contributed by atoms with E-state index in [1.807, 2.05) is 6.92 Å². The van der Waals surface area contributed by atoms with Crippen LogP contribution in [-0.4, -0.2) is 37.1 Å². The predicted octanol–water partition coefficient (Wildman–Crippen LogP) is 2.45. The third-order valence-electron chi connectivity index (χ3n) is 3.12. The topological polar surface area (TPSA) is 29.5 Å². The Morgan fingerprint density at radius 1 is 1.38 bits per heavy atom. The molecule has 1 fully saturated rings. The summed E-state index contributed by atoms with van der Waals surface area (Å²) in [4.78, 5) is 14.1. The molecule has 1 aliphatic heterocycles. The summed E-state index contributed by atoms with van der Waals surface area (Å²) in [6.45, 7) is 8.00. The fourth-order valence-electron chi connectivity index (χ4n) is 2.15. The van der Waals surface area contributed by atoms with Crippen molar-refractivity contribution in [1.82, 2.24) is 4.90 Å². The number of esters is 1. The SMILES string of the molecule is CCCCN1CCCC(C(=O)OCCC)C1. The van der Waals surface area contributed by atoms with Crippen LogP contribution in [0.25, 0.3) is 0 Å². The molecule has 1 unspecified atom stereocenters. The summed E-state index contributed by atoms with van der Waals surface area (Å²) in [6.07, 6.45) is 5.51. The summed E-state index contributed by atoms with van der Waals surface area (Å²) < 4.78 is 5.22. The lowest BCUT2D eigenvalue weighted by Crippen LogP contribution is -2.39. The molecule has 1 atom stereocenters. The van der Waals surface area contributed by atoms with E-state index in [-0.39, 0.29) is 11.9 Å². The second-order valence-corrected chi connectivity index (χ2v) is 4.66. The maximum Gasteiger partial charge on any atom is 0.310 e. The van der Waals surface area contributed by atoms with Gasteiger partial charge in [-0.1, -0.05) is 20.3 Å². The number of hydrogen-bond donors (Lipinski definition) is 0. The number of unbranched alkanes of at least 4 members (excludes halogenated alkanes) is 1. The van der Waals surface area contributed by atoms with Crippen molar-refractivity contribution in [2.45, 2.75) is 46.0 Å². The molecule has 1 heterocycles. The van der Waals surface area contributed by atoms with Crippen LogP contribution in [0.15, 0.2) is 0 Å². The minimum atomic E-state index is 0.0167. The van der Waals surface area contributed by atoms with Crippen molar-refractivity contribution in [1.29, 1.82) is 0 Å². The van der Waals surface area contributed by atoms with Crippen LogP contribution in [0.1, 0.15) is 46.0 Å². The molecule has 94 valence electrons. The Bertz CT molecular complexity index is 206. The fourth-order valence-corrected chi connectivity index (χ4v) is 2.15. The zero-order valence-corrected chi connectivity index (χ0v) is 10.7. The van der Waals surface area contributed by atoms with Crippen LogP contribution in [-0.2, 0) is 9.53 Å². The molecular weight excluding hydrogens is 202 g/mol. The van der Waals surface area contributed by atoms with Gasteiger partial charge in [-0.15, -0.1) is 0 Å². The molecule has 0 aromatic heterocycles. The minimum absolute atomic E-state index is 0.0167. The fraction of sp³-hybridized carbons (Fsp3) is 0.923. The molecule has 1 rings (SSSR count). The van der Waals surface area contributed by atoms with E-state index >= 15 is 0 Å². The van der Waals surface area contributed by atoms with Crippen LogP contribution in [0, 0.1) is 5.92 Å². The van der Waals surface area contributed by atoms with E-state index in [9.17, 15) is 4.79 Å². The van der Waals surface area contributed by atoms with Crippen molar-refractivity contribution < 1.29 is 9.53 Å².